The van der Waals surface area contributed by atoms with E-state index < -0.39 is 6.29 Å². The third-order valence-corrected chi connectivity index (χ3v) is 1.17. The Morgan fingerprint density at radius 3 is 1.75 bits per heavy atom. The van der Waals surface area contributed by atoms with Crippen molar-refractivity contribution < 1.29 is 20.4 Å². The van der Waals surface area contributed by atoms with Crippen molar-refractivity contribution in [3.63, 3.8) is 0 Å². The van der Waals surface area contributed by atoms with Gasteiger partial charge < -0.3 is 20.4 Å². The molecule has 0 aliphatic rings. The van der Waals surface area contributed by atoms with Crippen LogP contribution in [0.2, 0.25) is 0 Å². The van der Waals surface area contributed by atoms with E-state index >= 15 is 0 Å². The van der Waals surface area contributed by atoms with Gasteiger partial charge in [0.15, 0.2) is 6.29 Å². The smallest absolute Gasteiger partial charge is 0.151 e. The fourth-order valence-corrected chi connectivity index (χ4v) is 0.577. The molecule has 0 rings (SSSR count). The topological polar surface area (TPSA) is 80.9 Å². The Hall–Kier alpha value is -0.160. The molecule has 4 heteroatoms. The average Bonchev–Trinajstić information content (AvgIpc) is 2.05. The van der Waals surface area contributed by atoms with Crippen LogP contribution in [0, 0.1) is 0 Å². The lowest BCUT2D eigenvalue weighted by Crippen LogP contribution is -2.02. The monoisotopic (exact) mass is 180 g/mol. The Morgan fingerprint density at radius 2 is 1.50 bits per heavy atom. The van der Waals surface area contributed by atoms with Crippen LogP contribution in [-0.4, -0.2) is 39.9 Å². The Kier molecular flexibility index (Phi) is 16.1. The summed E-state index contributed by atoms with van der Waals surface area (Å²) in [6.07, 6.45) is 2.58. The van der Waals surface area contributed by atoms with Crippen molar-refractivity contribution in [3.8, 4) is 0 Å². The van der Waals surface area contributed by atoms with E-state index in [1.807, 2.05) is 0 Å². The van der Waals surface area contributed by atoms with Crippen molar-refractivity contribution in [1.82, 2.24) is 0 Å². The zero-order valence-corrected chi connectivity index (χ0v) is 7.61. The van der Waals surface area contributed by atoms with Crippen LogP contribution < -0.4 is 0 Å². The molecule has 4 nitrogen and oxygen atoms in total. The minimum Gasteiger partial charge on any atom is -0.394 e. The maximum Gasteiger partial charge on any atom is 0.151 e. The summed E-state index contributed by atoms with van der Waals surface area (Å²) < 4.78 is 0. The molecular formula is C8H20O4. The Balaban J connectivity index is 0. The standard InChI is InChI=1S/C6H14O2.C2H6O2/c1-2-3-4-5-6(7)8;3-1-2-4/h6-8H,2-5H2,1H3;3-4H,1-2H2. The first-order valence-electron chi connectivity index (χ1n) is 4.26. The summed E-state index contributed by atoms with van der Waals surface area (Å²) in [4.78, 5) is 0. The van der Waals surface area contributed by atoms with Crippen molar-refractivity contribution in [1.29, 1.82) is 0 Å². The molecule has 0 amide bonds. The number of aliphatic hydroxyl groups excluding tert-OH is 3. The summed E-state index contributed by atoms with van der Waals surface area (Å²) >= 11 is 0. The van der Waals surface area contributed by atoms with Crippen LogP contribution in [0.25, 0.3) is 0 Å². The van der Waals surface area contributed by atoms with Gasteiger partial charge in [0.1, 0.15) is 0 Å². The second-order valence-corrected chi connectivity index (χ2v) is 2.42. The van der Waals surface area contributed by atoms with Crippen LogP contribution in [0.5, 0.6) is 0 Å². The average molecular weight is 180 g/mol. The lowest BCUT2D eigenvalue weighted by molar-refractivity contribution is -0.0465. The Bertz CT molecular complexity index is 64.1. The molecule has 0 aliphatic carbocycles. The van der Waals surface area contributed by atoms with Gasteiger partial charge in [0.2, 0.25) is 0 Å². The number of unbranched alkanes of at least 4 members (excludes halogenated alkanes) is 2. The minimum atomic E-state index is -1.10. The van der Waals surface area contributed by atoms with Gasteiger partial charge in [-0.15, -0.1) is 0 Å². The van der Waals surface area contributed by atoms with Crippen molar-refractivity contribution in [3.05, 3.63) is 0 Å². The van der Waals surface area contributed by atoms with Gasteiger partial charge in [-0.25, -0.2) is 0 Å². The zero-order valence-electron chi connectivity index (χ0n) is 7.61. The fraction of sp³-hybridized carbons (Fsp3) is 1.00. The molecule has 0 fully saturated rings. The molecule has 0 saturated carbocycles. The normalized spacial score (nSPS) is 9.50. The first kappa shape index (κ1) is 14.4. The van der Waals surface area contributed by atoms with Gasteiger partial charge in [0.25, 0.3) is 0 Å². The van der Waals surface area contributed by atoms with E-state index in [1.54, 1.807) is 0 Å². The second kappa shape index (κ2) is 13.4. The third-order valence-electron chi connectivity index (χ3n) is 1.17. The first-order chi connectivity index (χ1) is 5.68. The van der Waals surface area contributed by atoms with Crippen LogP contribution in [-0.2, 0) is 0 Å². The highest BCUT2D eigenvalue weighted by molar-refractivity contribution is 4.40. The van der Waals surface area contributed by atoms with Crippen LogP contribution in [0.4, 0.5) is 0 Å². The van der Waals surface area contributed by atoms with Gasteiger partial charge in [0.05, 0.1) is 13.2 Å². The van der Waals surface area contributed by atoms with E-state index in [1.165, 1.54) is 0 Å². The van der Waals surface area contributed by atoms with Gasteiger partial charge in [-0.3, -0.25) is 0 Å². The summed E-state index contributed by atoms with van der Waals surface area (Å²) in [7, 11) is 0. The van der Waals surface area contributed by atoms with E-state index in [2.05, 4.69) is 6.92 Å². The van der Waals surface area contributed by atoms with E-state index in [0.29, 0.717) is 6.42 Å². The second-order valence-electron chi connectivity index (χ2n) is 2.42. The van der Waals surface area contributed by atoms with Gasteiger partial charge in [-0.2, -0.15) is 0 Å². The molecule has 76 valence electrons. The maximum absolute atomic E-state index is 8.33. The fourth-order valence-electron chi connectivity index (χ4n) is 0.577. The van der Waals surface area contributed by atoms with Crippen LogP contribution in [0.1, 0.15) is 32.6 Å². The zero-order chi connectivity index (χ0) is 9.82. The third kappa shape index (κ3) is 22.5. The van der Waals surface area contributed by atoms with Gasteiger partial charge >= 0.3 is 0 Å². The minimum absolute atomic E-state index is 0.125. The molecular weight excluding hydrogens is 160 g/mol. The molecule has 0 saturated heterocycles. The predicted molar refractivity (Wildman–Crippen MR) is 46.5 cm³/mol. The summed E-state index contributed by atoms with van der Waals surface area (Å²) in [6.45, 7) is 1.84. The molecule has 0 atom stereocenters. The van der Waals surface area contributed by atoms with E-state index in [0.717, 1.165) is 19.3 Å². The number of rotatable bonds is 5. The quantitative estimate of drug-likeness (QED) is 0.350. The molecule has 0 aliphatic heterocycles. The molecule has 0 radical (unpaired) electrons. The maximum atomic E-state index is 8.33. The van der Waals surface area contributed by atoms with Crippen molar-refractivity contribution >= 4 is 0 Å². The highest BCUT2D eigenvalue weighted by Gasteiger charge is 1.93. The molecule has 0 unspecified atom stereocenters. The highest BCUT2D eigenvalue weighted by Crippen LogP contribution is 1.99. The largest absolute Gasteiger partial charge is 0.394 e. The number of aliphatic hydroxyl groups is 4. The summed E-state index contributed by atoms with van der Waals surface area (Å²) in [5, 5.41) is 31.9. The highest BCUT2D eigenvalue weighted by atomic mass is 16.5. The van der Waals surface area contributed by atoms with Crippen molar-refractivity contribution in [2.75, 3.05) is 13.2 Å². The van der Waals surface area contributed by atoms with Crippen LogP contribution >= 0.6 is 0 Å². The van der Waals surface area contributed by atoms with Gasteiger partial charge in [-0.05, 0) is 12.8 Å². The van der Waals surface area contributed by atoms with Gasteiger partial charge in [0, 0.05) is 0 Å². The molecule has 0 spiro atoms. The molecule has 4 N–H and O–H groups in total. The summed E-state index contributed by atoms with van der Waals surface area (Å²) in [6, 6.07) is 0. The number of hydrogen-bond acceptors (Lipinski definition) is 4. The Morgan fingerprint density at radius 1 is 1.00 bits per heavy atom. The molecule has 12 heavy (non-hydrogen) atoms. The van der Waals surface area contributed by atoms with Crippen molar-refractivity contribution in [2.24, 2.45) is 0 Å². The summed E-state index contributed by atoms with van der Waals surface area (Å²) in [5.74, 6) is 0. The van der Waals surface area contributed by atoms with E-state index in [-0.39, 0.29) is 13.2 Å². The van der Waals surface area contributed by atoms with Crippen molar-refractivity contribution in [2.45, 2.75) is 38.9 Å². The molecule has 0 heterocycles. The molecule has 0 aromatic rings. The van der Waals surface area contributed by atoms with E-state index in [9.17, 15) is 0 Å². The number of hydrogen-bond donors (Lipinski definition) is 4. The molecule has 0 aromatic carbocycles. The SMILES string of the molecule is CCCCCC(O)O.OCCO. The first-order valence-corrected chi connectivity index (χ1v) is 4.26. The van der Waals surface area contributed by atoms with E-state index in [4.69, 9.17) is 20.4 Å². The summed E-state index contributed by atoms with van der Waals surface area (Å²) in [5.41, 5.74) is 0. The van der Waals surface area contributed by atoms with Crippen LogP contribution in [0.3, 0.4) is 0 Å². The predicted octanol–water partition coefficient (Wildman–Crippen LogP) is -0.152. The lowest BCUT2D eigenvalue weighted by Gasteiger charge is -1.99. The lowest BCUT2D eigenvalue weighted by atomic mass is 10.2. The molecule has 0 aromatic heterocycles. The van der Waals surface area contributed by atoms with Gasteiger partial charge in [-0.1, -0.05) is 19.8 Å². The molecule has 0 bridgehead atoms. The Labute approximate surface area is 73.5 Å². The van der Waals surface area contributed by atoms with Crippen LogP contribution in [0.15, 0.2) is 0 Å².